The van der Waals surface area contributed by atoms with Crippen molar-refractivity contribution in [3.8, 4) is 5.75 Å². The highest BCUT2D eigenvalue weighted by molar-refractivity contribution is 9.10. The normalized spacial score (nSPS) is 12.3. The van der Waals surface area contributed by atoms with Crippen molar-refractivity contribution in [2.45, 2.75) is 11.8 Å². The van der Waals surface area contributed by atoms with E-state index in [0.29, 0.717) is 0 Å². The highest BCUT2D eigenvalue weighted by Gasteiger charge is 2.21. The Bertz CT molecular complexity index is 601. The van der Waals surface area contributed by atoms with E-state index in [2.05, 4.69) is 31.9 Å². The van der Waals surface area contributed by atoms with Crippen LogP contribution in [0, 0.1) is 18.6 Å². The predicted octanol–water partition coefficient (Wildman–Crippen LogP) is 5.53. The summed E-state index contributed by atoms with van der Waals surface area (Å²) < 4.78 is 33.9. The number of rotatable bonds is 3. The second kappa shape index (κ2) is 6.22. The van der Waals surface area contributed by atoms with Crippen LogP contribution in [0.3, 0.4) is 0 Å². The number of halogens is 4. The monoisotopic (exact) mass is 404 g/mol. The summed E-state index contributed by atoms with van der Waals surface area (Å²) >= 11 is 6.75. The topological polar surface area (TPSA) is 9.23 Å². The molecule has 0 fully saturated rings. The second-order valence-electron chi connectivity index (χ2n) is 4.43. The lowest BCUT2D eigenvalue weighted by molar-refractivity contribution is 0.405. The van der Waals surface area contributed by atoms with Crippen LogP contribution in [0.25, 0.3) is 0 Å². The maximum atomic E-state index is 14.1. The molecule has 1 unspecified atom stereocenters. The van der Waals surface area contributed by atoms with Gasteiger partial charge in [0.05, 0.1) is 11.9 Å². The smallest absolute Gasteiger partial charge is 0.134 e. The molecule has 0 spiro atoms. The van der Waals surface area contributed by atoms with Gasteiger partial charge in [-0.1, -0.05) is 37.9 Å². The molecule has 0 aliphatic heterocycles. The molecule has 0 heterocycles. The van der Waals surface area contributed by atoms with Crippen molar-refractivity contribution in [3.05, 3.63) is 63.1 Å². The predicted molar refractivity (Wildman–Crippen MR) is 82.6 cm³/mol. The molecule has 2 aromatic carbocycles. The van der Waals surface area contributed by atoms with Crippen molar-refractivity contribution < 1.29 is 13.5 Å². The van der Waals surface area contributed by atoms with Gasteiger partial charge in [0.15, 0.2) is 0 Å². The van der Waals surface area contributed by atoms with Crippen molar-refractivity contribution in [1.82, 2.24) is 0 Å². The first kappa shape index (κ1) is 15.4. The Balaban J connectivity index is 2.50. The van der Waals surface area contributed by atoms with Crippen LogP contribution in [0.5, 0.6) is 5.75 Å². The Morgan fingerprint density at radius 2 is 1.65 bits per heavy atom. The van der Waals surface area contributed by atoms with Crippen LogP contribution in [0.1, 0.15) is 21.5 Å². The Labute approximate surface area is 133 Å². The molecule has 20 heavy (non-hydrogen) atoms. The van der Waals surface area contributed by atoms with E-state index >= 15 is 0 Å². The summed E-state index contributed by atoms with van der Waals surface area (Å²) in [5, 5.41) is 0. The van der Waals surface area contributed by atoms with E-state index in [1.807, 2.05) is 25.1 Å². The van der Waals surface area contributed by atoms with Crippen LogP contribution < -0.4 is 4.74 Å². The van der Waals surface area contributed by atoms with Crippen molar-refractivity contribution in [2.24, 2.45) is 0 Å². The van der Waals surface area contributed by atoms with E-state index in [-0.39, 0.29) is 11.3 Å². The van der Waals surface area contributed by atoms with Gasteiger partial charge in [-0.25, -0.2) is 8.78 Å². The minimum atomic E-state index is -0.638. The van der Waals surface area contributed by atoms with E-state index in [4.69, 9.17) is 4.74 Å². The lowest BCUT2D eigenvalue weighted by Crippen LogP contribution is -2.02. The summed E-state index contributed by atoms with van der Waals surface area (Å²) in [5.41, 5.74) is 1.76. The molecule has 0 saturated carbocycles. The van der Waals surface area contributed by atoms with Crippen molar-refractivity contribution in [2.75, 3.05) is 7.11 Å². The first-order valence-electron chi connectivity index (χ1n) is 5.86. The second-order valence-corrected chi connectivity index (χ2v) is 6.26. The van der Waals surface area contributed by atoms with Gasteiger partial charge in [-0.3, -0.25) is 0 Å². The molecule has 0 aliphatic carbocycles. The zero-order chi connectivity index (χ0) is 14.9. The molecule has 1 nitrogen and oxygen atoms in total. The van der Waals surface area contributed by atoms with Crippen molar-refractivity contribution in [1.29, 1.82) is 0 Å². The molecule has 0 bridgehead atoms. The van der Waals surface area contributed by atoms with Crippen LogP contribution in [-0.2, 0) is 0 Å². The molecule has 0 aliphatic rings. The van der Waals surface area contributed by atoms with Crippen LogP contribution in [-0.4, -0.2) is 7.11 Å². The minimum absolute atomic E-state index is 0.0247. The SMILES string of the molecule is COc1cc(F)c(C(Br)c2cc(C)cc(Br)c2)c(F)c1. The van der Waals surface area contributed by atoms with E-state index in [1.165, 1.54) is 19.2 Å². The quantitative estimate of drug-likeness (QED) is 0.610. The van der Waals surface area contributed by atoms with Gasteiger partial charge in [-0.2, -0.15) is 0 Å². The minimum Gasteiger partial charge on any atom is -0.497 e. The van der Waals surface area contributed by atoms with E-state index in [0.717, 1.165) is 15.6 Å². The number of ether oxygens (including phenoxy) is 1. The van der Waals surface area contributed by atoms with Gasteiger partial charge in [0.25, 0.3) is 0 Å². The van der Waals surface area contributed by atoms with Gasteiger partial charge in [0, 0.05) is 22.2 Å². The van der Waals surface area contributed by atoms with Gasteiger partial charge in [0.1, 0.15) is 17.4 Å². The molecule has 2 rings (SSSR count). The maximum absolute atomic E-state index is 14.1. The van der Waals surface area contributed by atoms with E-state index in [9.17, 15) is 8.78 Å². The number of hydrogen-bond donors (Lipinski definition) is 0. The van der Waals surface area contributed by atoms with Crippen molar-refractivity contribution in [3.63, 3.8) is 0 Å². The van der Waals surface area contributed by atoms with Gasteiger partial charge in [0.2, 0.25) is 0 Å². The van der Waals surface area contributed by atoms with Gasteiger partial charge < -0.3 is 4.74 Å². The zero-order valence-corrected chi connectivity index (χ0v) is 14.1. The fraction of sp³-hybridized carbons (Fsp3) is 0.200. The van der Waals surface area contributed by atoms with E-state index in [1.54, 1.807) is 0 Å². The molecular weight excluding hydrogens is 394 g/mol. The number of methoxy groups -OCH3 is 1. The summed E-state index contributed by atoms with van der Waals surface area (Å²) in [6, 6.07) is 8.00. The number of hydrogen-bond acceptors (Lipinski definition) is 1. The Kier molecular flexibility index (Phi) is 4.81. The van der Waals surface area contributed by atoms with Gasteiger partial charge in [-0.15, -0.1) is 0 Å². The molecule has 0 aromatic heterocycles. The molecule has 0 amide bonds. The number of benzene rings is 2. The molecule has 0 radical (unpaired) electrons. The van der Waals surface area contributed by atoms with Crippen LogP contribution in [0.15, 0.2) is 34.8 Å². The number of aryl methyl sites for hydroxylation is 1. The average Bonchev–Trinajstić information content (AvgIpc) is 2.36. The molecule has 106 valence electrons. The summed E-state index contributed by atoms with van der Waals surface area (Å²) in [5.74, 6) is -1.11. The summed E-state index contributed by atoms with van der Waals surface area (Å²) in [7, 11) is 1.37. The van der Waals surface area contributed by atoms with Gasteiger partial charge in [-0.05, 0) is 30.2 Å². The Morgan fingerprint density at radius 3 is 2.15 bits per heavy atom. The highest BCUT2D eigenvalue weighted by Crippen LogP contribution is 2.37. The summed E-state index contributed by atoms with van der Waals surface area (Å²) in [4.78, 5) is -0.565. The fourth-order valence-electron chi connectivity index (χ4n) is 2.00. The lowest BCUT2D eigenvalue weighted by Gasteiger charge is -2.15. The molecule has 5 heteroatoms. The maximum Gasteiger partial charge on any atom is 0.134 e. The number of alkyl halides is 1. The highest BCUT2D eigenvalue weighted by atomic mass is 79.9. The van der Waals surface area contributed by atoms with Crippen LogP contribution >= 0.6 is 31.9 Å². The summed E-state index contributed by atoms with van der Waals surface area (Å²) in [6.07, 6.45) is 0. The fourth-order valence-corrected chi connectivity index (χ4v) is 3.33. The molecule has 1 atom stereocenters. The van der Waals surface area contributed by atoms with Crippen molar-refractivity contribution >= 4 is 31.9 Å². The Hall–Kier alpha value is -0.940. The third kappa shape index (κ3) is 3.20. The van der Waals surface area contributed by atoms with Gasteiger partial charge >= 0.3 is 0 Å². The third-order valence-corrected chi connectivity index (χ3v) is 4.34. The molecule has 0 saturated heterocycles. The largest absolute Gasteiger partial charge is 0.497 e. The zero-order valence-electron chi connectivity index (χ0n) is 10.9. The summed E-state index contributed by atoms with van der Waals surface area (Å²) in [6.45, 7) is 1.93. The third-order valence-electron chi connectivity index (χ3n) is 2.90. The first-order chi connectivity index (χ1) is 9.42. The molecular formula is C15H12Br2F2O. The Morgan fingerprint density at radius 1 is 1.05 bits per heavy atom. The van der Waals surface area contributed by atoms with Crippen LogP contribution in [0.4, 0.5) is 8.78 Å². The first-order valence-corrected chi connectivity index (χ1v) is 7.57. The van der Waals surface area contributed by atoms with E-state index < -0.39 is 16.5 Å². The molecule has 2 aromatic rings. The lowest BCUT2D eigenvalue weighted by atomic mass is 10.0. The van der Waals surface area contributed by atoms with Crippen LogP contribution in [0.2, 0.25) is 0 Å². The average molecular weight is 406 g/mol. The molecule has 0 N–H and O–H groups in total. The standard InChI is InChI=1S/C15H12Br2F2O/c1-8-3-9(5-10(16)4-8)15(17)14-12(18)6-11(20-2)7-13(14)19/h3-7,15H,1-2H3.